The lowest BCUT2D eigenvalue weighted by Gasteiger charge is -2.17. The Kier molecular flexibility index (Phi) is 4.33. The van der Waals surface area contributed by atoms with Crippen LogP contribution in [0.2, 0.25) is 0 Å². The number of benzene rings is 1. The van der Waals surface area contributed by atoms with E-state index in [1.54, 1.807) is 17.4 Å². The van der Waals surface area contributed by atoms with Gasteiger partial charge in [-0.05, 0) is 88.1 Å². The van der Waals surface area contributed by atoms with Crippen molar-refractivity contribution in [3.8, 4) is 0 Å². The van der Waals surface area contributed by atoms with Crippen LogP contribution in [0.1, 0.15) is 28.7 Å². The molecule has 0 N–H and O–H groups in total. The third-order valence-electron chi connectivity index (χ3n) is 4.56. The second-order valence-electron chi connectivity index (χ2n) is 6.49. The van der Waals surface area contributed by atoms with Crippen molar-refractivity contribution in [2.24, 2.45) is 0 Å². The van der Waals surface area contributed by atoms with E-state index in [-0.39, 0.29) is 5.63 Å². The molecule has 0 saturated heterocycles. The van der Waals surface area contributed by atoms with Crippen molar-refractivity contribution >= 4 is 38.2 Å². The molecule has 0 bridgehead atoms. The quantitative estimate of drug-likeness (QED) is 0.589. The van der Waals surface area contributed by atoms with Crippen molar-refractivity contribution in [3.05, 3.63) is 66.1 Å². The lowest BCUT2D eigenvalue weighted by Crippen LogP contribution is -2.18. The Labute approximate surface area is 153 Å². The molecule has 0 saturated carbocycles. The predicted molar refractivity (Wildman–Crippen MR) is 102 cm³/mol. The van der Waals surface area contributed by atoms with Gasteiger partial charge in [-0.3, -0.25) is 4.90 Å². The molecule has 2 aromatic heterocycles. The van der Waals surface area contributed by atoms with Crippen molar-refractivity contribution in [2.45, 2.75) is 32.4 Å². The molecule has 0 atom stereocenters. The summed E-state index contributed by atoms with van der Waals surface area (Å²) in [7, 11) is 2.08. The molecule has 0 radical (unpaired) electrons. The number of hydrogen-bond donors (Lipinski definition) is 0. The molecule has 1 aliphatic carbocycles. The number of fused-ring (bicyclic) bond motifs is 2. The maximum Gasteiger partial charge on any atom is 0.336 e. The van der Waals surface area contributed by atoms with E-state index in [0.29, 0.717) is 0 Å². The van der Waals surface area contributed by atoms with Gasteiger partial charge >= 0.3 is 5.63 Å². The Hall–Kier alpha value is -1.43. The fraction of sp³-hybridized carbons (Fsp3) is 0.316. The van der Waals surface area contributed by atoms with Gasteiger partial charge in [0.2, 0.25) is 0 Å². The molecule has 0 fully saturated rings. The van der Waals surface area contributed by atoms with Gasteiger partial charge in [-0.25, -0.2) is 4.79 Å². The van der Waals surface area contributed by atoms with Crippen LogP contribution in [0.4, 0.5) is 0 Å². The lowest BCUT2D eigenvalue weighted by molar-refractivity contribution is 0.320. The molecule has 2 heterocycles. The summed E-state index contributed by atoms with van der Waals surface area (Å²) in [4.78, 5) is 14.2. The standard InChI is InChI=1S/C19H18BrNO2S/c1-21(9-12-5-18(20)24-11-12)10-15-8-19(22)23-17-7-14-4-2-3-13(14)6-16(15)17/h5-8,11H,2-4,9-10H2,1H3. The van der Waals surface area contributed by atoms with Crippen LogP contribution in [0.25, 0.3) is 11.0 Å². The Morgan fingerprint density at radius 3 is 2.71 bits per heavy atom. The average Bonchev–Trinajstić information content (AvgIpc) is 3.13. The third kappa shape index (κ3) is 3.21. The highest BCUT2D eigenvalue weighted by Gasteiger charge is 2.16. The number of hydrogen-bond acceptors (Lipinski definition) is 4. The zero-order valence-corrected chi connectivity index (χ0v) is 15.9. The first-order valence-corrected chi connectivity index (χ1v) is 9.76. The summed E-state index contributed by atoms with van der Waals surface area (Å²) in [5.41, 5.74) is 5.53. The highest BCUT2D eigenvalue weighted by atomic mass is 79.9. The van der Waals surface area contributed by atoms with Gasteiger partial charge in [0, 0.05) is 24.5 Å². The summed E-state index contributed by atoms with van der Waals surface area (Å²) >= 11 is 5.20. The first kappa shape index (κ1) is 16.1. The van der Waals surface area contributed by atoms with Crippen LogP contribution >= 0.6 is 27.3 Å². The van der Waals surface area contributed by atoms with Gasteiger partial charge in [-0.15, -0.1) is 11.3 Å². The highest BCUT2D eigenvalue weighted by Crippen LogP contribution is 2.29. The maximum atomic E-state index is 12.0. The number of aryl methyl sites for hydroxylation is 2. The normalized spacial score (nSPS) is 13.8. The van der Waals surface area contributed by atoms with Gasteiger partial charge in [-0.1, -0.05) is 0 Å². The first-order valence-electron chi connectivity index (χ1n) is 8.08. The molecule has 0 aliphatic heterocycles. The highest BCUT2D eigenvalue weighted by molar-refractivity contribution is 9.11. The Bertz CT molecular complexity index is 960. The molecule has 124 valence electrons. The summed E-state index contributed by atoms with van der Waals surface area (Å²) in [6, 6.07) is 8.08. The van der Waals surface area contributed by atoms with E-state index in [9.17, 15) is 4.79 Å². The molecule has 0 amide bonds. The van der Waals surface area contributed by atoms with Crippen molar-refractivity contribution in [3.63, 3.8) is 0 Å². The maximum absolute atomic E-state index is 12.0. The van der Waals surface area contributed by atoms with E-state index in [2.05, 4.69) is 51.5 Å². The summed E-state index contributed by atoms with van der Waals surface area (Å²) in [5.74, 6) is 0. The summed E-state index contributed by atoms with van der Waals surface area (Å²) in [5, 5.41) is 3.24. The minimum absolute atomic E-state index is 0.262. The zero-order chi connectivity index (χ0) is 16.7. The summed E-state index contributed by atoms with van der Waals surface area (Å²) < 4.78 is 6.60. The molecular weight excluding hydrogens is 386 g/mol. The molecule has 1 aliphatic rings. The van der Waals surface area contributed by atoms with Crippen molar-refractivity contribution in [1.82, 2.24) is 4.90 Å². The Morgan fingerprint density at radius 2 is 1.96 bits per heavy atom. The van der Waals surface area contributed by atoms with Crippen LogP contribution < -0.4 is 5.63 Å². The molecule has 3 aromatic rings. The Balaban J connectivity index is 1.66. The monoisotopic (exact) mass is 403 g/mol. The van der Waals surface area contributed by atoms with Gasteiger partial charge < -0.3 is 4.42 Å². The fourth-order valence-corrected chi connectivity index (χ4v) is 4.71. The van der Waals surface area contributed by atoms with Crippen LogP contribution in [-0.2, 0) is 25.9 Å². The van der Waals surface area contributed by atoms with Gasteiger partial charge in [0.1, 0.15) is 5.58 Å². The number of thiophene rings is 1. The Morgan fingerprint density at radius 1 is 1.17 bits per heavy atom. The molecule has 3 nitrogen and oxygen atoms in total. The number of halogens is 1. The third-order valence-corrected chi connectivity index (χ3v) is 6.11. The number of nitrogens with zero attached hydrogens (tertiary/aromatic N) is 1. The van der Waals surface area contributed by atoms with Crippen molar-refractivity contribution in [1.29, 1.82) is 0 Å². The van der Waals surface area contributed by atoms with Crippen LogP contribution in [0.5, 0.6) is 0 Å². The van der Waals surface area contributed by atoms with E-state index in [4.69, 9.17) is 4.42 Å². The molecule has 24 heavy (non-hydrogen) atoms. The number of rotatable bonds is 4. The fourth-order valence-electron chi connectivity index (χ4n) is 3.51. The molecule has 0 unspecified atom stereocenters. The predicted octanol–water partition coefficient (Wildman–Crippen LogP) is 4.74. The van der Waals surface area contributed by atoms with E-state index >= 15 is 0 Å². The van der Waals surface area contributed by atoms with E-state index in [1.807, 2.05) is 0 Å². The molecule has 1 aromatic carbocycles. The van der Waals surface area contributed by atoms with Crippen LogP contribution in [0.15, 0.2) is 42.6 Å². The van der Waals surface area contributed by atoms with E-state index < -0.39 is 0 Å². The van der Waals surface area contributed by atoms with Crippen LogP contribution in [0, 0.1) is 0 Å². The lowest BCUT2D eigenvalue weighted by atomic mass is 10.0. The summed E-state index contributed by atoms with van der Waals surface area (Å²) in [6.07, 6.45) is 3.41. The second-order valence-corrected chi connectivity index (χ2v) is 8.78. The van der Waals surface area contributed by atoms with Crippen LogP contribution in [-0.4, -0.2) is 11.9 Å². The first-order chi connectivity index (χ1) is 11.6. The van der Waals surface area contributed by atoms with E-state index in [1.165, 1.54) is 23.1 Å². The van der Waals surface area contributed by atoms with Gasteiger partial charge in [-0.2, -0.15) is 0 Å². The van der Waals surface area contributed by atoms with Gasteiger partial charge in [0.15, 0.2) is 0 Å². The molecule has 4 rings (SSSR count). The van der Waals surface area contributed by atoms with Crippen LogP contribution in [0.3, 0.4) is 0 Å². The molecule has 0 spiro atoms. The average molecular weight is 404 g/mol. The minimum atomic E-state index is -0.262. The van der Waals surface area contributed by atoms with E-state index in [0.717, 1.165) is 46.3 Å². The topological polar surface area (TPSA) is 33.5 Å². The van der Waals surface area contributed by atoms with Gasteiger partial charge in [0.05, 0.1) is 3.79 Å². The smallest absolute Gasteiger partial charge is 0.336 e. The zero-order valence-electron chi connectivity index (χ0n) is 13.5. The molecule has 5 heteroatoms. The largest absolute Gasteiger partial charge is 0.423 e. The minimum Gasteiger partial charge on any atom is -0.423 e. The second kappa shape index (κ2) is 6.47. The summed E-state index contributed by atoms with van der Waals surface area (Å²) in [6.45, 7) is 1.59. The SMILES string of the molecule is CN(Cc1csc(Br)c1)Cc1cc(=O)oc2cc3c(cc12)CCC3. The van der Waals surface area contributed by atoms with Crippen molar-refractivity contribution < 1.29 is 4.42 Å². The molecular formula is C19H18BrNO2S. The van der Waals surface area contributed by atoms with Gasteiger partial charge in [0.25, 0.3) is 0 Å². The van der Waals surface area contributed by atoms with Crippen molar-refractivity contribution in [2.75, 3.05) is 7.05 Å².